The normalized spacial score (nSPS) is 10.6. The lowest BCUT2D eigenvalue weighted by Crippen LogP contribution is -2.37. The number of aromatic nitrogens is 1. The Balaban J connectivity index is 3.04. The Morgan fingerprint density at radius 1 is 1.59 bits per heavy atom. The highest BCUT2D eigenvalue weighted by atomic mass is 35.5. The minimum atomic E-state index is -0.0963. The van der Waals surface area contributed by atoms with Gasteiger partial charge in [-0.05, 0) is 26.3 Å². The molecule has 1 aromatic heterocycles. The van der Waals surface area contributed by atoms with E-state index in [1.165, 1.54) is 12.3 Å². The molecular weight excluding hydrogens is 238 g/mol. The van der Waals surface area contributed by atoms with Crippen LogP contribution in [0.2, 0.25) is 5.02 Å². The first-order chi connectivity index (χ1) is 7.97. The number of nitrogens with two attached hydrogens (primary N) is 1. The Hall–Kier alpha value is -1.29. The quantitative estimate of drug-likeness (QED) is 0.900. The zero-order valence-electron chi connectivity index (χ0n) is 10.4. The molecule has 0 saturated carbocycles. The lowest BCUT2D eigenvalue weighted by atomic mass is 10.2. The predicted molar refractivity (Wildman–Crippen MR) is 70.1 cm³/mol. The Morgan fingerprint density at radius 3 is 2.76 bits per heavy atom. The van der Waals surface area contributed by atoms with Gasteiger partial charge in [0.2, 0.25) is 0 Å². The van der Waals surface area contributed by atoms with Crippen molar-refractivity contribution in [2.24, 2.45) is 0 Å². The molecule has 0 aromatic carbocycles. The van der Waals surface area contributed by atoms with Crippen LogP contribution in [0.15, 0.2) is 12.3 Å². The Morgan fingerprint density at radius 2 is 2.24 bits per heavy atom. The van der Waals surface area contributed by atoms with Gasteiger partial charge in [0.25, 0.3) is 5.91 Å². The molecule has 0 aliphatic carbocycles. The van der Waals surface area contributed by atoms with Crippen molar-refractivity contribution in [1.82, 2.24) is 9.88 Å². The summed E-state index contributed by atoms with van der Waals surface area (Å²) in [5.74, 6) is 0.207. The summed E-state index contributed by atoms with van der Waals surface area (Å²) in [4.78, 5) is 17.9. The second-order valence-corrected chi connectivity index (χ2v) is 4.59. The number of nitrogen functional groups attached to an aromatic ring is 1. The number of anilines is 1. The summed E-state index contributed by atoms with van der Waals surface area (Å²) in [5.41, 5.74) is 5.99. The molecule has 1 aromatic rings. The van der Waals surface area contributed by atoms with Crippen molar-refractivity contribution in [3.63, 3.8) is 0 Å². The van der Waals surface area contributed by atoms with Crippen molar-refractivity contribution in [3.8, 4) is 0 Å². The van der Waals surface area contributed by atoms with E-state index < -0.39 is 0 Å². The summed E-state index contributed by atoms with van der Waals surface area (Å²) >= 11 is 5.97. The van der Waals surface area contributed by atoms with Crippen LogP contribution in [0.1, 0.15) is 37.6 Å². The fourth-order valence-corrected chi connectivity index (χ4v) is 1.79. The predicted octanol–water partition coefficient (Wildman–Crippen LogP) is 2.58. The highest BCUT2D eigenvalue weighted by Gasteiger charge is 2.20. The molecule has 1 amide bonds. The number of amides is 1. The monoisotopic (exact) mass is 255 g/mol. The SMILES string of the molecule is CCCN(C(=O)c1cc(N)ncc1Cl)C(C)C. The summed E-state index contributed by atoms with van der Waals surface area (Å²) in [6.45, 7) is 6.69. The maximum atomic E-state index is 12.3. The van der Waals surface area contributed by atoms with Gasteiger partial charge in [0.05, 0.1) is 10.6 Å². The summed E-state index contributed by atoms with van der Waals surface area (Å²) in [6.07, 6.45) is 2.32. The number of carbonyl (C=O) groups excluding carboxylic acids is 1. The molecule has 4 nitrogen and oxygen atoms in total. The van der Waals surface area contributed by atoms with Crippen molar-refractivity contribution in [2.75, 3.05) is 12.3 Å². The lowest BCUT2D eigenvalue weighted by molar-refractivity contribution is 0.0706. The first-order valence-corrected chi connectivity index (χ1v) is 6.07. The van der Waals surface area contributed by atoms with Crippen molar-refractivity contribution in [3.05, 3.63) is 22.8 Å². The number of hydrogen-bond donors (Lipinski definition) is 1. The summed E-state index contributed by atoms with van der Waals surface area (Å²) in [7, 11) is 0. The third kappa shape index (κ3) is 3.33. The van der Waals surface area contributed by atoms with Crippen LogP contribution >= 0.6 is 11.6 Å². The molecule has 17 heavy (non-hydrogen) atoms. The smallest absolute Gasteiger partial charge is 0.255 e. The maximum absolute atomic E-state index is 12.3. The van der Waals surface area contributed by atoms with E-state index >= 15 is 0 Å². The zero-order valence-corrected chi connectivity index (χ0v) is 11.2. The fraction of sp³-hybridized carbons (Fsp3) is 0.500. The third-order valence-corrected chi connectivity index (χ3v) is 2.76. The van der Waals surface area contributed by atoms with Crippen LogP contribution in [0.5, 0.6) is 0 Å². The van der Waals surface area contributed by atoms with E-state index in [9.17, 15) is 4.79 Å². The van der Waals surface area contributed by atoms with Crippen LogP contribution in [0.3, 0.4) is 0 Å². The van der Waals surface area contributed by atoms with E-state index in [0.717, 1.165) is 6.42 Å². The molecule has 0 spiro atoms. The average Bonchev–Trinajstić information content (AvgIpc) is 2.28. The topological polar surface area (TPSA) is 59.2 Å². The van der Waals surface area contributed by atoms with E-state index in [2.05, 4.69) is 4.98 Å². The number of rotatable bonds is 4. The lowest BCUT2D eigenvalue weighted by Gasteiger charge is -2.26. The van der Waals surface area contributed by atoms with Gasteiger partial charge in [-0.25, -0.2) is 4.98 Å². The molecule has 0 radical (unpaired) electrons. The summed E-state index contributed by atoms with van der Waals surface area (Å²) < 4.78 is 0. The van der Waals surface area contributed by atoms with E-state index in [1.54, 1.807) is 4.90 Å². The van der Waals surface area contributed by atoms with Gasteiger partial charge in [-0.3, -0.25) is 4.79 Å². The molecule has 0 unspecified atom stereocenters. The van der Waals surface area contributed by atoms with Gasteiger partial charge < -0.3 is 10.6 Å². The third-order valence-electron chi connectivity index (χ3n) is 2.46. The van der Waals surface area contributed by atoms with E-state index in [1.807, 2.05) is 20.8 Å². The molecule has 0 aliphatic rings. The number of carbonyl (C=O) groups is 1. The van der Waals surface area contributed by atoms with E-state index in [0.29, 0.717) is 22.9 Å². The number of pyridine rings is 1. The summed E-state index contributed by atoms with van der Waals surface area (Å²) in [5, 5.41) is 0.339. The second kappa shape index (κ2) is 5.87. The minimum Gasteiger partial charge on any atom is -0.384 e. The van der Waals surface area contributed by atoms with Crippen LogP contribution in [0.25, 0.3) is 0 Å². The molecular formula is C12H18ClN3O. The molecule has 0 fully saturated rings. The number of hydrogen-bond acceptors (Lipinski definition) is 3. The first-order valence-electron chi connectivity index (χ1n) is 5.69. The van der Waals surface area contributed by atoms with Gasteiger partial charge in [-0.15, -0.1) is 0 Å². The summed E-state index contributed by atoms with van der Waals surface area (Å²) in [6, 6.07) is 1.66. The average molecular weight is 256 g/mol. The van der Waals surface area contributed by atoms with Gasteiger partial charge in [-0.2, -0.15) is 0 Å². The number of nitrogens with zero attached hydrogens (tertiary/aromatic N) is 2. The molecule has 1 rings (SSSR count). The molecule has 1 heterocycles. The van der Waals surface area contributed by atoms with Gasteiger partial charge in [-0.1, -0.05) is 18.5 Å². The largest absolute Gasteiger partial charge is 0.384 e. The molecule has 0 atom stereocenters. The molecule has 0 bridgehead atoms. The fourth-order valence-electron chi connectivity index (χ4n) is 1.61. The molecule has 2 N–H and O–H groups in total. The molecule has 0 aliphatic heterocycles. The highest BCUT2D eigenvalue weighted by Crippen LogP contribution is 2.19. The van der Waals surface area contributed by atoms with Crippen molar-refractivity contribution >= 4 is 23.3 Å². The van der Waals surface area contributed by atoms with Crippen LogP contribution < -0.4 is 5.73 Å². The van der Waals surface area contributed by atoms with Crippen molar-refractivity contribution < 1.29 is 4.79 Å². The highest BCUT2D eigenvalue weighted by molar-refractivity contribution is 6.33. The Labute approximate surface area is 107 Å². The molecule has 94 valence electrons. The number of halogens is 1. The van der Waals surface area contributed by atoms with Gasteiger partial charge in [0, 0.05) is 18.8 Å². The van der Waals surface area contributed by atoms with Crippen LogP contribution in [0, 0.1) is 0 Å². The van der Waals surface area contributed by atoms with Crippen molar-refractivity contribution in [2.45, 2.75) is 33.2 Å². The molecule has 0 saturated heterocycles. The van der Waals surface area contributed by atoms with Crippen molar-refractivity contribution in [1.29, 1.82) is 0 Å². The standard InChI is InChI=1S/C12H18ClN3O/c1-4-5-16(8(2)3)12(17)9-6-11(14)15-7-10(9)13/h6-8H,4-5H2,1-3H3,(H2,14,15). The minimum absolute atomic E-state index is 0.0963. The van der Waals surface area contributed by atoms with Gasteiger partial charge >= 0.3 is 0 Å². The van der Waals surface area contributed by atoms with Gasteiger partial charge in [0.15, 0.2) is 0 Å². The second-order valence-electron chi connectivity index (χ2n) is 4.18. The first kappa shape index (κ1) is 13.8. The zero-order chi connectivity index (χ0) is 13.0. The van der Waals surface area contributed by atoms with E-state index in [4.69, 9.17) is 17.3 Å². The van der Waals surface area contributed by atoms with Gasteiger partial charge in [0.1, 0.15) is 5.82 Å². The Bertz CT molecular complexity index is 407. The maximum Gasteiger partial charge on any atom is 0.255 e. The van der Waals surface area contributed by atoms with E-state index in [-0.39, 0.29) is 11.9 Å². The van der Waals surface area contributed by atoms with Crippen LogP contribution in [-0.4, -0.2) is 28.4 Å². The van der Waals surface area contributed by atoms with Crippen LogP contribution in [-0.2, 0) is 0 Å². The molecule has 5 heteroatoms. The Kier molecular flexibility index (Phi) is 4.75. The van der Waals surface area contributed by atoms with Crippen LogP contribution in [0.4, 0.5) is 5.82 Å².